The number of para-hydroxylation sites is 3. The standard InChI is InChI=1S/C36H28N2O4/c39-35(40)34(36(41)42)18-10-11-27-19-21-31(22-20-27)38(30-16-8-3-9-17-30)33-25-23-32(24-26-33)37(28-12-4-1-5-13-28)29-14-6-2-7-15-29/h1-26H,(H,39,40)(H,41,42)/b11-10+. The van der Waals surface area contributed by atoms with Crippen LogP contribution in [0.15, 0.2) is 157 Å². The van der Waals surface area contributed by atoms with Crippen molar-refractivity contribution in [3.63, 3.8) is 0 Å². The summed E-state index contributed by atoms with van der Waals surface area (Å²) in [6, 6.07) is 46.7. The highest BCUT2D eigenvalue weighted by molar-refractivity contribution is 6.12. The zero-order valence-electron chi connectivity index (χ0n) is 22.6. The van der Waals surface area contributed by atoms with Gasteiger partial charge in [0.15, 0.2) is 0 Å². The number of benzene rings is 5. The first kappa shape index (κ1) is 27.7. The largest absolute Gasteiger partial charge is 0.477 e. The Morgan fingerprint density at radius 2 is 0.762 bits per heavy atom. The molecule has 0 aliphatic rings. The van der Waals surface area contributed by atoms with Crippen LogP contribution in [0.3, 0.4) is 0 Å². The molecule has 5 rings (SSSR count). The Morgan fingerprint density at radius 1 is 0.452 bits per heavy atom. The second-order valence-corrected chi connectivity index (χ2v) is 9.34. The van der Waals surface area contributed by atoms with Gasteiger partial charge in [-0.3, -0.25) is 0 Å². The van der Waals surface area contributed by atoms with Gasteiger partial charge in [-0.15, -0.1) is 0 Å². The minimum absolute atomic E-state index is 0.695. The summed E-state index contributed by atoms with van der Waals surface area (Å²) < 4.78 is 0. The van der Waals surface area contributed by atoms with Crippen molar-refractivity contribution in [1.29, 1.82) is 0 Å². The molecule has 5 aromatic carbocycles. The zero-order valence-corrected chi connectivity index (χ0v) is 22.6. The number of anilines is 6. The third kappa shape index (κ3) is 6.46. The summed E-state index contributed by atoms with van der Waals surface area (Å²) in [5.74, 6) is -2.97. The topological polar surface area (TPSA) is 81.1 Å². The molecule has 0 aliphatic carbocycles. The average Bonchev–Trinajstić information content (AvgIpc) is 3.02. The van der Waals surface area contributed by atoms with Crippen LogP contribution in [0.4, 0.5) is 34.1 Å². The van der Waals surface area contributed by atoms with Crippen LogP contribution in [-0.2, 0) is 9.59 Å². The van der Waals surface area contributed by atoms with E-state index in [0.29, 0.717) is 0 Å². The molecule has 6 nitrogen and oxygen atoms in total. The van der Waals surface area contributed by atoms with Crippen LogP contribution in [-0.4, -0.2) is 22.2 Å². The summed E-state index contributed by atoms with van der Waals surface area (Å²) in [6.07, 6.45) is 4.16. The van der Waals surface area contributed by atoms with E-state index in [1.807, 2.05) is 91.0 Å². The van der Waals surface area contributed by atoms with Gasteiger partial charge in [0.25, 0.3) is 0 Å². The fourth-order valence-electron chi connectivity index (χ4n) is 4.60. The summed E-state index contributed by atoms with van der Waals surface area (Å²) in [5.41, 5.74) is 6.16. The van der Waals surface area contributed by atoms with Crippen molar-refractivity contribution >= 4 is 52.1 Å². The number of allylic oxidation sites excluding steroid dienone is 2. The van der Waals surface area contributed by atoms with Crippen LogP contribution < -0.4 is 9.80 Å². The van der Waals surface area contributed by atoms with Crippen LogP contribution >= 0.6 is 0 Å². The normalized spacial score (nSPS) is 10.7. The maximum Gasteiger partial charge on any atom is 0.343 e. The zero-order chi connectivity index (χ0) is 29.3. The molecule has 0 aromatic heterocycles. The van der Waals surface area contributed by atoms with Gasteiger partial charge < -0.3 is 20.0 Å². The molecule has 0 bridgehead atoms. The highest BCUT2D eigenvalue weighted by atomic mass is 16.4. The van der Waals surface area contributed by atoms with Crippen molar-refractivity contribution in [1.82, 2.24) is 0 Å². The van der Waals surface area contributed by atoms with E-state index in [1.165, 1.54) is 6.08 Å². The van der Waals surface area contributed by atoms with E-state index in [2.05, 4.69) is 58.3 Å². The Morgan fingerprint density at radius 3 is 1.10 bits per heavy atom. The van der Waals surface area contributed by atoms with E-state index in [1.54, 1.807) is 6.08 Å². The molecule has 206 valence electrons. The van der Waals surface area contributed by atoms with E-state index in [9.17, 15) is 9.59 Å². The lowest BCUT2D eigenvalue weighted by molar-refractivity contribution is -0.140. The molecule has 0 saturated carbocycles. The summed E-state index contributed by atoms with van der Waals surface area (Å²) >= 11 is 0. The van der Waals surface area contributed by atoms with Crippen molar-refractivity contribution in [3.05, 3.63) is 163 Å². The maximum absolute atomic E-state index is 11.1. The lowest BCUT2D eigenvalue weighted by atomic mass is 10.1. The van der Waals surface area contributed by atoms with Crippen molar-refractivity contribution in [2.75, 3.05) is 9.80 Å². The molecular weight excluding hydrogens is 524 g/mol. The van der Waals surface area contributed by atoms with Gasteiger partial charge in [-0.05, 0) is 84.4 Å². The van der Waals surface area contributed by atoms with E-state index >= 15 is 0 Å². The molecule has 0 fully saturated rings. The molecule has 42 heavy (non-hydrogen) atoms. The van der Waals surface area contributed by atoms with Crippen molar-refractivity contribution in [3.8, 4) is 0 Å². The first-order chi connectivity index (χ1) is 20.5. The Labute approximate surface area is 244 Å². The minimum Gasteiger partial charge on any atom is -0.477 e. The molecule has 0 radical (unpaired) electrons. The number of carboxylic acid groups (broad SMARTS) is 2. The lowest BCUT2D eigenvalue weighted by Crippen LogP contribution is -2.12. The Balaban J connectivity index is 1.47. The number of hydrogen-bond donors (Lipinski definition) is 2. The van der Waals surface area contributed by atoms with Crippen LogP contribution in [0.25, 0.3) is 6.08 Å². The summed E-state index contributed by atoms with van der Waals surface area (Å²) in [4.78, 5) is 26.5. The fraction of sp³-hybridized carbons (Fsp3) is 0. The Hall–Kier alpha value is -5.88. The number of hydrogen-bond acceptors (Lipinski definition) is 4. The summed E-state index contributed by atoms with van der Waals surface area (Å²) in [6.45, 7) is 0. The smallest absolute Gasteiger partial charge is 0.343 e. The predicted molar refractivity (Wildman–Crippen MR) is 168 cm³/mol. The highest BCUT2D eigenvalue weighted by Gasteiger charge is 2.16. The van der Waals surface area contributed by atoms with E-state index in [4.69, 9.17) is 10.2 Å². The highest BCUT2D eigenvalue weighted by Crippen LogP contribution is 2.38. The van der Waals surface area contributed by atoms with Gasteiger partial charge in [0.2, 0.25) is 0 Å². The second-order valence-electron chi connectivity index (χ2n) is 9.34. The third-order valence-corrected chi connectivity index (χ3v) is 6.57. The molecule has 0 heterocycles. The van der Waals surface area contributed by atoms with Gasteiger partial charge in [0.05, 0.1) is 0 Å². The maximum atomic E-state index is 11.1. The van der Waals surface area contributed by atoms with E-state index < -0.39 is 17.5 Å². The number of nitrogens with zero attached hydrogens (tertiary/aromatic N) is 2. The van der Waals surface area contributed by atoms with Crippen LogP contribution in [0.1, 0.15) is 5.56 Å². The fourth-order valence-corrected chi connectivity index (χ4v) is 4.60. The molecule has 5 aromatic rings. The number of carboxylic acids is 2. The van der Waals surface area contributed by atoms with E-state index in [-0.39, 0.29) is 0 Å². The molecule has 0 saturated heterocycles. The molecule has 0 aliphatic heterocycles. The number of carbonyl (C=O) groups is 2. The molecule has 0 unspecified atom stereocenters. The van der Waals surface area contributed by atoms with Gasteiger partial charge in [-0.25, -0.2) is 9.59 Å². The van der Waals surface area contributed by atoms with Crippen molar-refractivity contribution in [2.24, 2.45) is 0 Å². The lowest BCUT2D eigenvalue weighted by Gasteiger charge is -2.28. The number of rotatable bonds is 10. The van der Waals surface area contributed by atoms with Gasteiger partial charge in [-0.1, -0.05) is 78.9 Å². The SMILES string of the molecule is O=C(O)C(=C/C=C/c1ccc(N(c2ccccc2)c2ccc(N(c3ccccc3)c3ccccc3)cc2)cc1)C(=O)O. The predicted octanol–water partition coefficient (Wildman–Crippen LogP) is 8.74. The number of aliphatic carboxylic acids is 2. The third-order valence-electron chi connectivity index (χ3n) is 6.57. The minimum atomic E-state index is -1.48. The molecule has 0 atom stereocenters. The van der Waals surface area contributed by atoms with E-state index in [0.717, 1.165) is 45.8 Å². The molecule has 0 spiro atoms. The van der Waals surface area contributed by atoms with Crippen LogP contribution in [0, 0.1) is 0 Å². The summed E-state index contributed by atoms with van der Waals surface area (Å²) in [7, 11) is 0. The van der Waals surface area contributed by atoms with Gasteiger partial charge in [0.1, 0.15) is 5.57 Å². The monoisotopic (exact) mass is 552 g/mol. The second kappa shape index (κ2) is 13.0. The molecule has 2 N–H and O–H groups in total. The molecular formula is C36H28N2O4. The Kier molecular flexibility index (Phi) is 8.56. The van der Waals surface area contributed by atoms with Gasteiger partial charge >= 0.3 is 11.9 Å². The first-order valence-corrected chi connectivity index (χ1v) is 13.3. The quantitative estimate of drug-likeness (QED) is 0.0780. The Bertz CT molecular complexity index is 1640. The van der Waals surface area contributed by atoms with Crippen LogP contribution in [0.2, 0.25) is 0 Å². The van der Waals surface area contributed by atoms with Gasteiger partial charge in [0, 0.05) is 34.1 Å². The first-order valence-electron chi connectivity index (χ1n) is 13.3. The van der Waals surface area contributed by atoms with Crippen molar-refractivity contribution in [2.45, 2.75) is 0 Å². The van der Waals surface area contributed by atoms with Gasteiger partial charge in [-0.2, -0.15) is 0 Å². The average molecular weight is 553 g/mol. The van der Waals surface area contributed by atoms with Crippen LogP contribution in [0.5, 0.6) is 0 Å². The molecule has 6 heteroatoms. The summed E-state index contributed by atoms with van der Waals surface area (Å²) in [5, 5.41) is 18.1. The molecule has 0 amide bonds. The van der Waals surface area contributed by atoms with Crippen molar-refractivity contribution < 1.29 is 19.8 Å².